The van der Waals surface area contributed by atoms with Crippen molar-refractivity contribution in [1.82, 2.24) is 9.97 Å². The summed E-state index contributed by atoms with van der Waals surface area (Å²) in [4.78, 5) is 8.47. The van der Waals surface area contributed by atoms with E-state index < -0.39 is 0 Å². The Hall–Kier alpha value is -1.56. The third-order valence-electron chi connectivity index (χ3n) is 2.04. The summed E-state index contributed by atoms with van der Waals surface area (Å²) in [6, 6.07) is 0. The predicted molar refractivity (Wildman–Crippen MR) is 71.9 cm³/mol. The topological polar surface area (TPSA) is 82.3 Å². The highest BCUT2D eigenvalue weighted by Crippen LogP contribution is 2.27. The molecule has 3 N–H and O–H groups in total. The summed E-state index contributed by atoms with van der Waals surface area (Å²) in [6.45, 7) is 8.81. The molecule has 1 aromatic rings. The molecule has 0 aromatic carbocycles. The molecule has 0 unspecified atom stereocenters. The van der Waals surface area contributed by atoms with Crippen molar-refractivity contribution in [3.63, 3.8) is 0 Å². The number of nitrogens with zero attached hydrogens (tertiary/aromatic N) is 2. The maximum Gasteiger partial charge on any atom is 0.242 e. The average molecular weight is 254 g/mol. The molecule has 0 amide bonds. The monoisotopic (exact) mass is 254 g/mol. The summed E-state index contributed by atoms with van der Waals surface area (Å²) >= 11 is 0. The molecule has 0 aliphatic heterocycles. The van der Waals surface area contributed by atoms with Crippen molar-refractivity contribution in [1.29, 1.82) is 0 Å². The van der Waals surface area contributed by atoms with Gasteiger partial charge in [-0.15, -0.1) is 0 Å². The highest BCUT2D eigenvalue weighted by Gasteiger charge is 2.16. The number of hydrogen-bond acceptors (Lipinski definition) is 6. The summed E-state index contributed by atoms with van der Waals surface area (Å²) in [5, 5.41) is 3.23. The van der Waals surface area contributed by atoms with Gasteiger partial charge in [0, 0.05) is 12.6 Å². The van der Waals surface area contributed by atoms with Crippen LogP contribution in [0.4, 0.5) is 11.5 Å². The lowest BCUT2D eigenvalue weighted by Gasteiger charge is -2.23. The van der Waals surface area contributed by atoms with Crippen LogP contribution in [0.25, 0.3) is 0 Å². The summed E-state index contributed by atoms with van der Waals surface area (Å²) in [7, 11) is 1.62. The Morgan fingerprint density at radius 1 is 1.22 bits per heavy atom. The Morgan fingerprint density at radius 3 is 2.44 bits per heavy atom. The van der Waals surface area contributed by atoms with Crippen LogP contribution in [0.1, 0.15) is 26.6 Å². The second-order valence-corrected chi connectivity index (χ2v) is 5.05. The number of nitrogens with two attached hydrogens (primary N) is 1. The zero-order chi connectivity index (χ0) is 13.8. The van der Waals surface area contributed by atoms with Gasteiger partial charge >= 0.3 is 0 Å². The molecule has 0 saturated carbocycles. The minimum Gasteiger partial charge on any atom is -0.474 e. The Balaban J connectivity index is 2.91. The van der Waals surface area contributed by atoms with E-state index in [2.05, 4.69) is 15.3 Å². The van der Waals surface area contributed by atoms with Crippen molar-refractivity contribution >= 4 is 11.5 Å². The number of aromatic nitrogens is 2. The molecule has 0 atom stereocenters. The number of nitrogen functional groups attached to an aromatic ring is 1. The third kappa shape index (κ3) is 4.37. The van der Waals surface area contributed by atoms with Gasteiger partial charge < -0.3 is 20.5 Å². The molecule has 0 bridgehead atoms. The first-order valence-electron chi connectivity index (χ1n) is 5.87. The quantitative estimate of drug-likeness (QED) is 0.777. The zero-order valence-corrected chi connectivity index (χ0v) is 11.7. The van der Waals surface area contributed by atoms with E-state index in [-0.39, 0.29) is 5.54 Å². The number of ether oxygens (including phenoxy) is 2. The second-order valence-electron chi connectivity index (χ2n) is 5.05. The van der Waals surface area contributed by atoms with Crippen LogP contribution in [0.3, 0.4) is 0 Å². The Labute approximate surface area is 108 Å². The predicted octanol–water partition coefficient (Wildman–Crippen LogP) is 1.60. The number of methoxy groups -OCH3 is 1. The van der Waals surface area contributed by atoms with Crippen LogP contribution in [-0.2, 0) is 4.74 Å². The van der Waals surface area contributed by atoms with E-state index in [0.717, 1.165) is 0 Å². The molecule has 18 heavy (non-hydrogen) atoms. The molecule has 0 fully saturated rings. The van der Waals surface area contributed by atoms with Crippen molar-refractivity contribution in [2.24, 2.45) is 0 Å². The van der Waals surface area contributed by atoms with E-state index in [1.54, 1.807) is 14.0 Å². The average Bonchev–Trinajstić information content (AvgIpc) is 2.22. The van der Waals surface area contributed by atoms with Gasteiger partial charge in [0.25, 0.3) is 0 Å². The SMILES string of the molecule is COCCOc1nc(C)nc(NC(C)(C)C)c1N. The van der Waals surface area contributed by atoms with Crippen molar-refractivity contribution in [3.05, 3.63) is 5.82 Å². The lowest BCUT2D eigenvalue weighted by atomic mass is 10.1. The summed E-state index contributed by atoms with van der Waals surface area (Å²) in [5.41, 5.74) is 6.28. The molecular formula is C12H22N4O2. The fourth-order valence-corrected chi connectivity index (χ4v) is 1.34. The normalized spacial score (nSPS) is 11.4. The van der Waals surface area contributed by atoms with Crippen molar-refractivity contribution < 1.29 is 9.47 Å². The largest absolute Gasteiger partial charge is 0.474 e. The zero-order valence-electron chi connectivity index (χ0n) is 11.7. The maximum atomic E-state index is 5.99. The maximum absolute atomic E-state index is 5.99. The molecule has 0 saturated heterocycles. The molecule has 1 aromatic heterocycles. The molecule has 102 valence electrons. The molecule has 6 heteroatoms. The van der Waals surface area contributed by atoms with E-state index in [9.17, 15) is 0 Å². The van der Waals surface area contributed by atoms with E-state index in [1.807, 2.05) is 20.8 Å². The summed E-state index contributed by atoms with van der Waals surface area (Å²) < 4.78 is 10.4. The first kappa shape index (κ1) is 14.5. The van der Waals surface area contributed by atoms with Crippen LogP contribution in [-0.4, -0.2) is 35.8 Å². The Morgan fingerprint density at radius 2 is 1.89 bits per heavy atom. The van der Waals surface area contributed by atoms with Crippen LogP contribution in [0.2, 0.25) is 0 Å². The summed E-state index contributed by atoms with van der Waals surface area (Å²) in [6.07, 6.45) is 0. The van der Waals surface area contributed by atoms with Crippen LogP contribution >= 0.6 is 0 Å². The van der Waals surface area contributed by atoms with Gasteiger partial charge in [-0.3, -0.25) is 0 Å². The smallest absolute Gasteiger partial charge is 0.242 e. The Bertz CT molecular complexity index is 402. The van der Waals surface area contributed by atoms with Crippen LogP contribution in [0.15, 0.2) is 0 Å². The van der Waals surface area contributed by atoms with Crippen LogP contribution in [0, 0.1) is 6.92 Å². The molecule has 6 nitrogen and oxygen atoms in total. The van der Waals surface area contributed by atoms with Gasteiger partial charge in [-0.25, -0.2) is 4.98 Å². The van der Waals surface area contributed by atoms with E-state index in [1.165, 1.54) is 0 Å². The van der Waals surface area contributed by atoms with Crippen LogP contribution < -0.4 is 15.8 Å². The van der Waals surface area contributed by atoms with Gasteiger partial charge in [-0.05, 0) is 27.7 Å². The molecule has 0 aliphatic carbocycles. The number of anilines is 2. The molecular weight excluding hydrogens is 232 g/mol. The Kier molecular flexibility index (Phi) is 4.72. The fourth-order valence-electron chi connectivity index (χ4n) is 1.34. The first-order valence-corrected chi connectivity index (χ1v) is 5.87. The van der Waals surface area contributed by atoms with Gasteiger partial charge in [0.2, 0.25) is 5.88 Å². The lowest BCUT2D eigenvalue weighted by Crippen LogP contribution is -2.27. The highest BCUT2D eigenvalue weighted by molar-refractivity contribution is 5.67. The number of hydrogen-bond donors (Lipinski definition) is 2. The summed E-state index contributed by atoms with van der Waals surface area (Å²) in [5.74, 6) is 1.61. The van der Waals surface area contributed by atoms with Gasteiger partial charge in [-0.1, -0.05) is 0 Å². The van der Waals surface area contributed by atoms with Crippen LogP contribution in [0.5, 0.6) is 5.88 Å². The molecule has 1 rings (SSSR count). The molecule has 0 radical (unpaired) electrons. The third-order valence-corrected chi connectivity index (χ3v) is 2.04. The van der Waals surface area contributed by atoms with Gasteiger partial charge in [0.1, 0.15) is 18.1 Å². The van der Waals surface area contributed by atoms with Crippen molar-refractivity contribution in [3.8, 4) is 5.88 Å². The lowest BCUT2D eigenvalue weighted by molar-refractivity contribution is 0.144. The minimum absolute atomic E-state index is 0.126. The van der Waals surface area contributed by atoms with E-state index in [4.69, 9.17) is 15.2 Å². The van der Waals surface area contributed by atoms with Gasteiger partial charge in [0.05, 0.1) is 6.61 Å². The van der Waals surface area contributed by atoms with E-state index in [0.29, 0.717) is 36.4 Å². The van der Waals surface area contributed by atoms with E-state index >= 15 is 0 Å². The second kappa shape index (κ2) is 5.86. The fraction of sp³-hybridized carbons (Fsp3) is 0.667. The van der Waals surface area contributed by atoms with Crippen molar-refractivity contribution in [2.75, 3.05) is 31.4 Å². The highest BCUT2D eigenvalue weighted by atomic mass is 16.5. The number of nitrogens with one attached hydrogen (secondary N) is 1. The molecule has 0 aliphatic rings. The minimum atomic E-state index is -0.126. The standard InChI is InChI=1S/C12H22N4O2/c1-8-14-10(16-12(2,3)4)9(13)11(15-8)18-7-6-17-5/h6-7,13H2,1-5H3,(H,14,15,16). The van der Waals surface area contributed by atoms with Gasteiger partial charge in [-0.2, -0.15) is 4.98 Å². The number of rotatable bonds is 5. The van der Waals surface area contributed by atoms with Gasteiger partial charge in [0.15, 0.2) is 5.82 Å². The molecule has 1 heterocycles. The first-order chi connectivity index (χ1) is 8.33. The van der Waals surface area contributed by atoms with Crippen molar-refractivity contribution in [2.45, 2.75) is 33.2 Å². The number of aryl methyl sites for hydroxylation is 1. The molecule has 0 spiro atoms.